The van der Waals surface area contributed by atoms with Crippen molar-refractivity contribution in [2.24, 2.45) is 0 Å². The summed E-state index contributed by atoms with van der Waals surface area (Å²) < 4.78 is 36.3. The summed E-state index contributed by atoms with van der Waals surface area (Å²) in [5.41, 5.74) is -3.49. The maximum Gasteiger partial charge on any atom is 0.459 e. The van der Waals surface area contributed by atoms with Gasteiger partial charge in [-0.25, -0.2) is 9.36 Å². The van der Waals surface area contributed by atoms with Crippen molar-refractivity contribution in [2.75, 3.05) is 6.61 Å². The monoisotopic (exact) mass is 527 g/mol. The third kappa shape index (κ3) is 6.49. The minimum absolute atomic E-state index is 0.176. The van der Waals surface area contributed by atoms with Gasteiger partial charge in [0, 0.05) is 12.3 Å². The first-order valence-corrected chi connectivity index (χ1v) is 12.7. The van der Waals surface area contributed by atoms with E-state index in [1.165, 1.54) is 26.0 Å². The Morgan fingerprint density at radius 2 is 1.92 bits per heavy atom. The first kappa shape index (κ1) is 27.8. The van der Waals surface area contributed by atoms with Crippen molar-refractivity contribution >= 4 is 13.7 Å². The maximum atomic E-state index is 13.6. The van der Waals surface area contributed by atoms with Crippen LogP contribution in [0, 0.1) is 0 Å². The first-order chi connectivity index (χ1) is 16.8. The van der Waals surface area contributed by atoms with E-state index in [1.54, 1.807) is 32.0 Å². The summed E-state index contributed by atoms with van der Waals surface area (Å²) in [4.78, 5) is 37.9. The van der Waals surface area contributed by atoms with Crippen LogP contribution < -0.4 is 20.9 Å². The number of aromatic nitrogens is 2. The second-order valence-corrected chi connectivity index (χ2v) is 10.4. The number of esters is 1. The zero-order valence-electron chi connectivity index (χ0n) is 20.2. The Morgan fingerprint density at radius 1 is 1.25 bits per heavy atom. The number of aliphatic hydroxyl groups is 2. The van der Waals surface area contributed by atoms with E-state index in [0.717, 1.165) is 16.8 Å². The molecule has 2 aromatic rings. The Bertz CT molecular complexity index is 1210. The predicted molar refractivity (Wildman–Crippen MR) is 126 cm³/mol. The molecule has 3 rings (SSSR count). The summed E-state index contributed by atoms with van der Waals surface area (Å²) in [6, 6.07) is 8.02. The van der Waals surface area contributed by atoms with E-state index in [-0.39, 0.29) is 5.75 Å². The lowest BCUT2D eigenvalue weighted by Gasteiger charge is -2.27. The number of aromatic amines is 1. The van der Waals surface area contributed by atoms with E-state index in [4.69, 9.17) is 18.5 Å². The molecule has 1 aliphatic rings. The van der Waals surface area contributed by atoms with Gasteiger partial charge in [0.25, 0.3) is 5.56 Å². The second kappa shape index (κ2) is 11.1. The highest BCUT2D eigenvalue weighted by atomic mass is 31.2. The summed E-state index contributed by atoms with van der Waals surface area (Å²) in [5, 5.41) is 24.0. The van der Waals surface area contributed by atoms with E-state index >= 15 is 0 Å². The number of carbonyl (C=O) groups excluding carboxylic acids is 1. The van der Waals surface area contributed by atoms with Gasteiger partial charge in [-0.15, -0.1) is 0 Å². The van der Waals surface area contributed by atoms with Crippen LogP contribution in [0.4, 0.5) is 0 Å². The molecule has 14 heteroatoms. The number of ether oxygens (including phenoxy) is 2. The lowest BCUT2D eigenvalue weighted by Crippen LogP contribution is -2.47. The number of para-hydroxylation sites is 1. The average molecular weight is 527 g/mol. The SMILES string of the molecule is CC(C)OC(=O)[C@H](C)NP(=O)(OC[C@@H]1O[C@@H](n2ccc(=O)[nH]c2=O)[C@@](C)(O)[C@@H]1O)Oc1ccccc1. The number of nitrogens with one attached hydrogen (secondary N) is 2. The Hall–Kier alpha value is -2.80. The van der Waals surface area contributed by atoms with Crippen molar-refractivity contribution in [1.82, 2.24) is 14.6 Å². The number of benzene rings is 1. The molecule has 13 nitrogen and oxygen atoms in total. The molecule has 6 atom stereocenters. The first-order valence-electron chi connectivity index (χ1n) is 11.2. The van der Waals surface area contributed by atoms with E-state index in [1.807, 2.05) is 4.98 Å². The van der Waals surface area contributed by atoms with Gasteiger partial charge in [-0.05, 0) is 39.8 Å². The molecule has 1 aromatic heterocycles. The highest BCUT2D eigenvalue weighted by Gasteiger charge is 2.54. The predicted octanol–water partition coefficient (Wildman–Crippen LogP) is 0.679. The fourth-order valence-corrected chi connectivity index (χ4v) is 5.00. The van der Waals surface area contributed by atoms with Crippen LogP contribution in [0.15, 0.2) is 52.2 Å². The maximum absolute atomic E-state index is 13.6. The number of nitrogens with zero attached hydrogens (tertiary/aromatic N) is 1. The highest BCUT2D eigenvalue weighted by Crippen LogP contribution is 2.46. The molecule has 0 radical (unpaired) electrons. The fourth-order valence-electron chi connectivity index (χ4n) is 3.50. The molecule has 1 fully saturated rings. The molecule has 0 amide bonds. The minimum atomic E-state index is -4.26. The van der Waals surface area contributed by atoms with Gasteiger partial charge in [-0.3, -0.25) is 23.7 Å². The largest absolute Gasteiger partial charge is 0.462 e. The van der Waals surface area contributed by atoms with Crippen molar-refractivity contribution in [3.05, 3.63) is 63.4 Å². The van der Waals surface area contributed by atoms with Crippen LogP contribution in [0.3, 0.4) is 0 Å². The third-order valence-electron chi connectivity index (χ3n) is 5.29. The molecule has 2 heterocycles. The highest BCUT2D eigenvalue weighted by molar-refractivity contribution is 7.52. The Labute approximate surface area is 206 Å². The van der Waals surface area contributed by atoms with Gasteiger partial charge in [0.05, 0.1) is 12.7 Å². The lowest BCUT2D eigenvalue weighted by molar-refractivity contribution is -0.149. The summed E-state index contributed by atoms with van der Waals surface area (Å²) >= 11 is 0. The van der Waals surface area contributed by atoms with Crippen molar-refractivity contribution in [2.45, 2.75) is 63.9 Å². The Kier molecular flexibility index (Phi) is 8.55. The number of carbonyl (C=O) groups is 1. The van der Waals surface area contributed by atoms with E-state index < -0.39 is 67.8 Å². The standard InChI is InChI=1S/C22H30N3O10P/c1-13(2)33-19(28)14(3)24-36(31,35-15-8-6-5-7-9-15)32-12-16-18(27)22(4,30)20(34-16)25-11-10-17(26)23-21(25)29/h5-11,13-14,16,18,20,27,30H,12H2,1-4H3,(H,24,31)(H,23,26,29)/t14-,16-,18+,20+,22-,36?/m0/s1. The fraction of sp³-hybridized carbons (Fsp3) is 0.500. The number of aliphatic hydroxyl groups excluding tert-OH is 1. The molecule has 198 valence electrons. The molecule has 1 unspecified atom stereocenters. The lowest BCUT2D eigenvalue weighted by atomic mass is 9.96. The molecule has 1 aliphatic heterocycles. The molecule has 0 bridgehead atoms. The number of rotatable bonds is 10. The van der Waals surface area contributed by atoms with Gasteiger partial charge >= 0.3 is 19.4 Å². The van der Waals surface area contributed by atoms with Crippen molar-refractivity contribution < 1.29 is 38.1 Å². The quantitative estimate of drug-likeness (QED) is 0.252. The van der Waals surface area contributed by atoms with Gasteiger partial charge in [0.2, 0.25) is 0 Å². The molecule has 0 aliphatic carbocycles. The third-order valence-corrected chi connectivity index (χ3v) is 6.94. The number of hydrogen-bond acceptors (Lipinski definition) is 10. The van der Waals surface area contributed by atoms with Crippen LogP contribution in [0.25, 0.3) is 0 Å². The van der Waals surface area contributed by atoms with Crippen LogP contribution in [-0.2, 0) is 23.4 Å². The normalized spacial score (nSPS) is 26.4. The van der Waals surface area contributed by atoms with Crippen LogP contribution in [0.5, 0.6) is 5.75 Å². The van der Waals surface area contributed by atoms with Gasteiger partial charge in [-0.2, -0.15) is 5.09 Å². The Balaban J connectivity index is 1.80. The van der Waals surface area contributed by atoms with Crippen LogP contribution >= 0.6 is 7.75 Å². The molecule has 0 saturated carbocycles. The van der Waals surface area contributed by atoms with Gasteiger partial charge in [0.15, 0.2) is 6.23 Å². The van der Waals surface area contributed by atoms with Crippen molar-refractivity contribution in [3.63, 3.8) is 0 Å². The molecular formula is C22H30N3O10P. The van der Waals surface area contributed by atoms with Crippen molar-refractivity contribution in [1.29, 1.82) is 0 Å². The van der Waals surface area contributed by atoms with Gasteiger partial charge < -0.3 is 24.2 Å². The molecular weight excluding hydrogens is 497 g/mol. The van der Waals surface area contributed by atoms with Gasteiger partial charge in [-0.1, -0.05) is 18.2 Å². The van der Waals surface area contributed by atoms with Gasteiger partial charge in [0.1, 0.15) is 29.6 Å². The molecule has 1 saturated heterocycles. The summed E-state index contributed by atoms with van der Waals surface area (Å²) in [7, 11) is -4.26. The van der Waals surface area contributed by atoms with E-state index in [0.29, 0.717) is 0 Å². The molecule has 4 N–H and O–H groups in total. The van der Waals surface area contributed by atoms with E-state index in [2.05, 4.69) is 5.09 Å². The summed E-state index contributed by atoms with van der Waals surface area (Å²) in [6.07, 6.45) is -3.54. The molecule has 0 spiro atoms. The van der Waals surface area contributed by atoms with Crippen LogP contribution in [0.2, 0.25) is 0 Å². The summed E-state index contributed by atoms with van der Waals surface area (Å²) in [5.74, 6) is -0.515. The minimum Gasteiger partial charge on any atom is -0.462 e. The zero-order valence-corrected chi connectivity index (χ0v) is 21.1. The molecule has 1 aromatic carbocycles. The number of H-pyrrole nitrogens is 1. The van der Waals surface area contributed by atoms with Crippen molar-refractivity contribution in [3.8, 4) is 5.75 Å². The second-order valence-electron chi connectivity index (χ2n) is 8.75. The average Bonchev–Trinajstić information content (AvgIpc) is 3.01. The van der Waals surface area contributed by atoms with E-state index in [9.17, 15) is 29.2 Å². The Morgan fingerprint density at radius 3 is 2.53 bits per heavy atom. The molecule has 36 heavy (non-hydrogen) atoms. The summed E-state index contributed by atoms with van der Waals surface area (Å²) in [6.45, 7) is 5.42. The number of hydrogen-bond donors (Lipinski definition) is 4. The van der Waals surface area contributed by atoms with Crippen LogP contribution in [-0.4, -0.2) is 62.3 Å². The topological polar surface area (TPSA) is 178 Å². The zero-order chi connectivity index (χ0) is 26.7. The van der Waals surface area contributed by atoms with Crippen LogP contribution in [0.1, 0.15) is 33.9 Å². The smallest absolute Gasteiger partial charge is 0.459 e.